The minimum absolute atomic E-state index is 0.167. The second kappa shape index (κ2) is 8.40. The number of amides is 1. The summed E-state index contributed by atoms with van der Waals surface area (Å²) in [6, 6.07) is 4.27. The Morgan fingerprint density at radius 3 is 2.59 bits per heavy atom. The predicted octanol–water partition coefficient (Wildman–Crippen LogP) is 5.33. The van der Waals surface area contributed by atoms with Gasteiger partial charge >= 0.3 is 6.18 Å². The largest absolute Gasteiger partial charge is 0.416 e. The molecule has 4 aromatic rings. The van der Waals surface area contributed by atoms with Gasteiger partial charge in [-0.05, 0) is 31.2 Å². The molecule has 3 aromatic heterocycles. The van der Waals surface area contributed by atoms with Crippen LogP contribution in [0.15, 0.2) is 43.0 Å². The van der Waals surface area contributed by atoms with Crippen molar-refractivity contribution < 1.29 is 18.0 Å². The van der Waals surface area contributed by atoms with Crippen LogP contribution in [-0.4, -0.2) is 25.4 Å². The number of rotatable bonds is 5. The molecule has 0 radical (unpaired) electrons. The zero-order valence-electron chi connectivity index (χ0n) is 16.7. The molecule has 2 N–H and O–H groups in total. The summed E-state index contributed by atoms with van der Waals surface area (Å²) in [5.74, 6) is -0.413. The third-order valence-corrected chi connectivity index (χ3v) is 6.07. The standard InChI is InChI=1S/C20H16ClF3N6OS/c1-10(28-18(31)16-15-13(21)8-30(2)17(15)27-9-26-16)14-7-25-19(32-14)29-12-5-3-11(4-6-12)20(22,23)24/h3-10H,1-2H3,(H,25,29)(H,28,31). The first-order chi connectivity index (χ1) is 15.1. The van der Waals surface area contributed by atoms with Gasteiger partial charge < -0.3 is 15.2 Å². The van der Waals surface area contributed by atoms with Gasteiger partial charge in [0.05, 0.1) is 22.0 Å². The second-order valence-electron chi connectivity index (χ2n) is 6.97. The molecular formula is C20H16ClF3N6OS. The van der Waals surface area contributed by atoms with Gasteiger partial charge in [0, 0.05) is 30.0 Å². The number of aromatic nitrogens is 4. The molecule has 1 aromatic carbocycles. The molecule has 0 aliphatic carbocycles. The highest BCUT2D eigenvalue weighted by atomic mass is 35.5. The van der Waals surface area contributed by atoms with E-state index >= 15 is 0 Å². The molecule has 12 heteroatoms. The maximum atomic E-state index is 12.8. The molecule has 7 nitrogen and oxygen atoms in total. The number of benzene rings is 1. The maximum absolute atomic E-state index is 12.8. The lowest BCUT2D eigenvalue weighted by atomic mass is 10.2. The summed E-state index contributed by atoms with van der Waals surface area (Å²) in [6.07, 6.45) is 0.160. The summed E-state index contributed by atoms with van der Waals surface area (Å²) >= 11 is 7.51. The van der Waals surface area contributed by atoms with Gasteiger partial charge in [0.25, 0.3) is 5.91 Å². The molecule has 1 atom stereocenters. The Kier molecular flexibility index (Phi) is 5.78. The van der Waals surface area contributed by atoms with Crippen LogP contribution in [0.4, 0.5) is 24.0 Å². The van der Waals surface area contributed by atoms with Crippen molar-refractivity contribution in [1.82, 2.24) is 24.8 Å². The average molecular weight is 481 g/mol. The number of thiazole rings is 1. The third-order valence-electron chi connectivity index (χ3n) is 4.68. The molecule has 0 aliphatic heterocycles. The van der Waals surface area contributed by atoms with Crippen molar-refractivity contribution >= 4 is 50.7 Å². The summed E-state index contributed by atoms with van der Waals surface area (Å²) < 4.78 is 39.8. The number of carbonyl (C=O) groups excluding carboxylic acids is 1. The molecule has 1 amide bonds. The highest BCUT2D eigenvalue weighted by molar-refractivity contribution is 7.15. The van der Waals surface area contributed by atoms with E-state index < -0.39 is 23.7 Å². The summed E-state index contributed by atoms with van der Waals surface area (Å²) in [4.78, 5) is 26.0. The SMILES string of the molecule is CC(NC(=O)c1ncnc2c1c(Cl)cn2C)c1cnc(Nc2ccc(C(F)(F)F)cc2)s1. The van der Waals surface area contributed by atoms with Gasteiger partial charge in [-0.25, -0.2) is 15.0 Å². The lowest BCUT2D eigenvalue weighted by Gasteiger charge is -2.12. The van der Waals surface area contributed by atoms with Gasteiger partial charge in [-0.2, -0.15) is 13.2 Å². The predicted molar refractivity (Wildman–Crippen MR) is 116 cm³/mol. The Labute approximate surface area is 189 Å². The summed E-state index contributed by atoms with van der Waals surface area (Å²) in [7, 11) is 1.77. The highest BCUT2D eigenvalue weighted by Crippen LogP contribution is 2.32. The van der Waals surface area contributed by atoms with Gasteiger partial charge in [0.15, 0.2) is 5.13 Å². The number of halogens is 4. The number of hydrogen-bond acceptors (Lipinski definition) is 6. The van der Waals surface area contributed by atoms with Crippen molar-refractivity contribution in [1.29, 1.82) is 0 Å². The molecule has 32 heavy (non-hydrogen) atoms. The molecule has 0 fully saturated rings. The first-order valence-electron chi connectivity index (χ1n) is 9.30. The summed E-state index contributed by atoms with van der Waals surface area (Å²) in [5.41, 5.74) is 0.456. The monoisotopic (exact) mass is 480 g/mol. The van der Waals surface area contributed by atoms with E-state index in [0.29, 0.717) is 26.9 Å². The molecule has 166 valence electrons. The van der Waals surface area contributed by atoms with Gasteiger partial charge in [0.1, 0.15) is 17.7 Å². The smallest absolute Gasteiger partial charge is 0.343 e. The number of nitrogens with one attached hydrogen (secondary N) is 2. The van der Waals surface area contributed by atoms with Crippen molar-refractivity contribution in [2.75, 3.05) is 5.32 Å². The number of anilines is 2. The molecule has 0 saturated heterocycles. The van der Waals surface area contributed by atoms with Gasteiger partial charge in [-0.1, -0.05) is 22.9 Å². The molecule has 3 heterocycles. The number of alkyl halides is 3. The average Bonchev–Trinajstić information content (AvgIpc) is 3.32. The summed E-state index contributed by atoms with van der Waals surface area (Å²) in [5, 5.41) is 7.15. The Morgan fingerprint density at radius 2 is 1.91 bits per heavy atom. The fourth-order valence-corrected chi connectivity index (χ4v) is 4.24. The maximum Gasteiger partial charge on any atom is 0.416 e. The fraction of sp³-hybridized carbons (Fsp3) is 0.200. The zero-order valence-corrected chi connectivity index (χ0v) is 18.3. The van der Waals surface area contributed by atoms with Crippen molar-refractivity contribution in [2.45, 2.75) is 19.1 Å². The van der Waals surface area contributed by atoms with Crippen LogP contribution in [0.25, 0.3) is 11.0 Å². The first-order valence-corrected chi connectivity index (χ1v) is 10.5. The number of aryl methyl sites for hydroxylation is 1. The Hall–Kier alpha value is -3.18. The molecule has 0 bridgehead atoms. The third kappa shape index (κ3) is 4.39. The van der Waals surface area contributed by atoms with Crippen LogP contribution >= 0.6 is 22.9 Å². The Balaban J connectivity index is 1.46. The van der Waals surface area contributed by atoms with Gasteiger partial charge in [0.2, 0.25) is 0 Å². The van der Waals surface area contributed by atoms with E-state index in [4.69, 9.17) is 11.6 Å². The van der Waals surface area contributed by atoms with Crippen LogP contribution in [-0.2, 0) is 13.2 Å². The first kappa shape index (κ1) is 22.0. The van der Waals surface area contributed by atoms with Crippen LogP contribution in [0.2, 0.25) is 5.02 Å². The van der Waals surface area contributed by atoms with E-state index in [1.807, 2.05) is 0 Å². The van der Waals surface area contributed by atoms with Crippen molar-refractivity contribution in [2.24, 2.45) is 7.05 Å². The molecule has 1 unspecified atom stereocenters. The van der Waals surface area contributed by atoms with Gasteiger partial charge in [-0.3, -0.25) is 4.79 Å². The van der Waals surface area contributed by atoms with Crippen molar-refractivity contribution in [3.8, 4) is 0 Å². The fourth-order valence-electron chi connectivity index (χ4n) is 3.08. The van der Waals surface area contributed by atoms with Crippen LogP contribution in [0, 0.1) is 0 Å². The Morgan fingerprint density at radius 1 is 1.19 bits per heavy atom. The van der Waals surface area contributed by atoms with E-state index in [1.54, 1.807) is 30.9 Å². The number of hydrogen-bond donors (Lipinski definition) is 2. The number of carbonyl (C=O) groups is 1. The minimum atomic E-state index is -4.39. The molecular weight excluding hydrogens is 465 g/mol. The quantitative estimate of drug-likeness (QED) is 0.403. The number of nitrogens with zero attached hydrogens (tertiary/aromatic N) is 4. The lowest BCUT2D eigenvalue weighted by molar-refractivity contribution is -0.137. The van der Waals surface area contributed by atoms with E-state index in [-0.39, 0.29) is 5.69 Å². The zero-order chi connectivity index (χ0) is 23.0. The van der Waals surface area contributed by atoms with Gasteiger partial charge in [-0.15, -0.1) is 0 Å². The lowest BCUT2D eigenvalue weighted by Crippen LogP contribution is -2.27. The van der Waals surface area contributed by atoms with Crippen LogP contribution in [0.5, 0.6) is 0 Å². The molecule has 0 spiro atoms. The normalized spacial score (nSPS) is 12.7. The molecule has 4 rings (SSSR count). The second-order valence-corrected chi connectivity index (χ2v) is 8.44. The summed E-state index contributed by atoms with van der Waals surface area (Å²) in [6.45, 7) is 1.79. The minimum Gasteiger partial charge on any atom is -0.343 e. The van der Waals surface area contributed by atoms with E-state index in [2.05, 4.69) is 25.6 Å². The molecule has 0 saturated carbocycles. The highest BCUT2D eigenvalue weighted by Gasteiger charge is 2.30. The van der Waals surface area contributed by atoms with Crippen LogP contribution < -0.4 is 10.6 Å². The van der Waals surface area contributed by atoms with E-state index in [9.17, 15) is 18.0 Å². The number of fused-ring (bicyclic) bond motifs is 1. The van der Waals surface area contributed by atoms with E-state index in [1.165, 1.54) is 29.8 Å². The van der Waals surface area contributed by atoms with E-state index in [0.717, 1.165) is 17.0 Å². The van der Waals surface area contributed by atoms with Crippen molar-refractivity contribution in [3.05, 3.63) is 64.1 Å². The topological polar surface area (TPSA) is 84.7 Å². The molecule has 0 aliphatic rings. The van der Waals surface area contributed by atoms with Crippen LogP contribution in [0.3, 0.4) is 0 Å². The van der Waals surface area contributed by atoms with Crippen LogP contribution in [0.1, 0.15) is 33.9 Å². The Bertz CT molecular complexity index is 1280. The van der Waals surface area contributed by atoms with Crippen molar-refractivity contribution in [3.63, 3.8) is 0 Å².